The SMILES string of the molecule is CC1=C(C)[C](C)([Zr][C]2=CC=CC2)[As]=[As]1.Cl.Cl. The first-order valence-corrected chi connectivity index (χ1v) is 14.4. The average Bonchev–Trinajstić information content (AvgIpc) is 2.72. The Kier molecular flexibility index (Phi) is 8.24. The molecule has 0 radical (unpaired) electrons. The van der Waals surface area contributed by atoms with Gasteiger partial charge in [-0.25, -0.2) is 0 Å². The number of hydrogen-bond donors (Lipinski definition) is 0. The number of rotatable bonds is 2. The Hall–Kier alpha value is 1.80. The van der Waals surface area contributed by atoms with Crippen molar-refractivity contribution in [2.75, 3.05) is 0 Å². The summed E-state index contributed by atoms with van der Waals surface area (Å²) in [6.45, 7) is 7.37. The summed E-state index contributed by atoms with van der Waals surface area (Å²) in [6, 6.07) is 0. The molecule has 0 aromatic heterocycles. The minimum atomic E-state index is -0.305. The molecule has 5 heteroatoms. The second-order valence-corrected chi connectivity index (χ2v) is 19.3. The van der Waals surface area contributed by atoms with Gasteiger partial charge in [-0.15, -0.1) is 24.8 Å². The van der Waals surface area contributed by atoms with E-state index in [4.69, 9.17) is 0 Å². The van der Waals surface area contributed by atoms with E-state index < -0.39 is 0 Å². The fraction of sp³-hybridized carbons (Fsp3) is 0.455. The smallest absolute Gasteiger partial charge is 0.147 e. The van der Waals surface area contributed by atoms with Crippen molar-refractivity contribution in [3.05, 3.63) is 31.4 Å². The summed E-state index contributed by atoms with van der Waals surface area (Å²) >= 11 is 0.999. The molecule has 1 aliphatic carbocycles. The molecule has 0 amide bonds. The van der Waals surface area contributed by atoms with Crippen LogP contribution < -0.4 is 0 Å². The summed E-state index contributed by atoms with van der Waals surface area (Å²) in [4.78, 5) is 0. The molecule has 0 saturated carbocycles. The first-order valence-electron chi connectivity index (χ1n) is 4.86. The maximum atomic E-state index is 2.57. The van der Waals surface area contributed by atoms with Crippen molar-refractivity contribution < 1.29 is 23.2 Å². The Morgan fingerprint density at radius 3 is 2.44 bits per heavy atom. The number of hydrogen-bond acceptors (Lipinski definition) is 0. The van der Waals surface area contributed by atoms with E-state index in [1.165, 1.54) is 6.42 Å². The van der Waals surface area contributed by atoms with Gasteiger partial charge in [0.1, 0.15) is 0 Å². The Morgan fingerprint density at radius 1 is 1.31 bits per heavy atom. The van der Waals surface area contributed by atoms with Crippen LogP contribution in [-0.4, -0.2) is 26.3 Å². The van der Waals surface area contributed by atoms with Crippen LogP contribution in [0.4, 0.5) is 0 Å². The van der Waals surface area contributed by atoms with Gasteiger partial charge in [0, 0.05) is 0 Å². The van der Waals surface area contributed by atoms with E-state index in [-0.39, 0.29) is 48.0 Å². The predicted octanol–water partition coefficient (Wildman–Crippen LogP) is 3.52. The van der Waals surface area contributed by atoms with Crippen molar-refractivity contribution in [2.24, 2.45) is 0 Å². The molecule has 1 unspecified atom stereocenters. The van der Waals surface area contributed by atoms with Crippen LogP contribution in [0.1, 0.15) is 27.2 Å². The summed E-state index contributed by atoms with van der Waals surface area (Å²) in [5.41, 5.74) is 1.80. The van der Waals surface area contributed by atoms with Crippen LogP contribution in [-0.2, 0) is 23.2 Å². The standard InChI is InChI=1S/C6H9As2.C5H5.2ClH.Zr/c1-4-5(2)7-8-6(4)3;1-2-4-5-3-1;;;/h1-3H3;1-3H,4H2;2*1H;. The Balaban J connectivity index is 0.00000112. The van der Waals surface area contributed by atoms with E-state index in [0.717, 1.165) is 1.91 Å². The summed E-state index contributed by atoms with van der Waals surface area (Å²) in [5.74, 6) is 0. The van der Waals surface area contributed by atoms with E-state index >= 15 is 0 Å². The molecular formula is C11H16As2Cl2Zr. The van der Waals surface area contributed by atoms with Crippen molar-refractivity contribution in [3.8, 4) is 0 Å². The zero-order valence-electron chi connectivity index (χ0n) is 9.65. The maximum Gasteiger partial charge on any atom is -0.147 e. The fourth-order valence-corrected chi connectivity index (χ4v) is 24.4. The summed E-state index contributed by atoms with van der Waals surface area (Å²) in [5, 5.41) is 0. The molecule has 2 rings (SSSR count). The van der Waals surface area contributed by atoms with Crippen LogP contribution in [0.5, 0.6) is 0 Å². The molecule has 0 N–H and O–H groups in total. The van der Waals surface area contributed by atoms with E-state index in [2.05, 4.69) is 39.0 Å². The van der Waals surface area contributed by atoms with E-state index in [1.54, 1.807) is 9.93 Å². The van der Waals surface area contributed by atoms with E-state index in [9.17, 15) is 0 Å². The molecule has 0 spiro atoms. The molecule has 0 fully saturated rings. The number of allylic oxidation sites excluding steroid dienone is 6. The molecule has 1 atom stereocenters. The van der Waals surface area contributed by atoms with Crippen LogP contribution in [0.2, 0.25) is 1.91 Å². The third-order valence-corrected chi connectivity index (χ3v) is 26.5. The van der Waals surface area contributed by atoms with Gasteiger partial charge < -0.3 is 0 Å². The van der Waals surface area contributed by atoms with Crippen molar-refractivity contribution in [1.82, 2.24) is 0 Å². The molecule has 0 nitrogen and oxygen atoms in total. The van der Waals surface area contributed by atoms with E-state index in [1.807, 2.05) is 3.28 Å². The summed E-state index contributed by atoms with van der Waals surface area (Å²) < 4.78 is 4.39. The van der Waals surface area contributed by atoms with Gasteiger partial charge in [-0.05, 0) is 0 Å². The van der Waals surface area contributed by atoms with Crippen LogP contribution in [0.25, 0.3) is 0 Å². The van der Waals surface area contributed by atoms with Crippen molar-refractivity contribution in [3.63, 3.8) is 0 Å². The maximum absolute atomic E-state index is 2.57. The Labute approximate surface area is 133 Å². The monoisotopic (exact) mass is 458 g/mol. The Morgan fingerprint density at radius 2 is 2.00 bits per heavy atom. The van der Waals surface area contributed by atoms with Gasteiger partial charge in [-0.2, -0.15) is 0 Å². The zero-order chi connectivity index (χ0) is 10.2. The van der Waals surface area contributed by atoms with Crippen LogP contribution in [0, 0.1) is 0 Å². The molecular weight excluding hydrogens is 444 g/mol. The molecule has 0 bridgehead atoms. The third-order valence-electron chi connectivity index (χ3n) is 2.85. The van der Waals surface area contributed by atoms with Gasteiger partial charge in [-0.1, -0.05) is 0 Å². The van der Waals surface area contributed by atoms with E-state index in [0.29, 0.717) is 26.3 Å². The first-order chi connectivity index (χ1) is 6.62. The van der Waals surface area contributed by atoms with Crippen molar-refractivity contribution in [1.29, 1.82) is 0 Å². The average molecular weight is 460 g/mol. The van der Waals surface area contributed by atoms with Crippen molar-refractivity contribution in [2.45, 2.75) is 29.1 Å². The predicted molar refractivity (Wildman–Crippen MR) is 74.6 cm³/mol. The quantitative estimate of drug-likeness (QED) is 0.554. The van der Waals surface area contributed by atoms with Gasteiger partial charge in [-0.3, -0.25) is 0 Å². The molecule has 0 aromatic carbocycles. The molecule has 1 heterocycles. The Bertz CT molecular complexity index is 385. The van der Waals surface area contributed by atoms with Gasteiger partial charge in [0.25, 0.3) is 0 Å². The molecule has 0 saturated heterocycles. The molecule has 88 valence electrons. The van der Waals surface area contributed by atoms with Gasteiger partial charge in [0.2, 0.25) is 0 Å². The second kappa shape index (κ2) is 7.40. The molecule has 16 heavy (non-hydrogen) atoms. The minimum Gasteiger partial charge on any atom is -0.147 e. The van der Waals surface area contributed by atoms with Crippen LogP contribution in [0.15, 0.2) is 31.4 Å². The van der Waals surface area contributed by atoms with Gasteiger partial charge in [0.05, 0.1) is 0 Å². The van der Waals surface area contributed by atoms with Gasteiger partial charge in [0.15, 0.2) is 0 Å². The zero-order valence-corrected chi connectivity index (χ0v) is 17.5. The molecule has 0 aromatic rings. The summed E-state index contributed by atoms with van der Waals surface area (Å²) in [6.07, 6.45) is 8.26. The minimum absolute atomic E-state index is 0. The molecule has 1 aliphatic heterocycles. The second-order valence-electron chi connectivity index (χ2n) is 3.93. The largest absolute Gasteiger partial charge is 0.147 e. The topological polar surface area (TPSA) is 0 Å². The van der Waals surface area contributed by atoms with Crippen molar-refractivity contribution >= 4 is 51.1 Å². The normalized spacial score (nSPS) is 28.3. The summed E-state index contributed by atoms with van der Waals surface area (Å²) in [7, 11) is 0. The fourth-order valence-electron chi connectivity index (χ4n) is 1.65. The first kappa shape index (κ1) is 17.8. The van der Waals surface area contributed by atoms with Gasteiger partial charge >= 0.3 is 110 Å². The number of halogens is 2. The van der Waals surface area contributed by atoms with Crippen LogP contribution in [0.3, 0.4) is 0 Å². The third kappa shape index (κ3) is 3.90. The molecule has 2 aliphatic rings. The van der Waals surface area contributed by atoms with Crippen LogP contribution >= 0.6 is 24.8 Å².